The van der Waals surface area contributed by atoms with E-state index in [1.165, 1.54) is 11.3 Å². The Labute approximate surface area is 235 Å². The smallest absolute Gasteiger partial charge is 0.451 e. The maximum absolute atomic E-state index is 13.4. The summed E-state index contributed by atoms with van der Waals surface area (Å²) in [6, 6.07) is 5.19. The summed E-state index contributed by atoms with van der Waals surface area (Å²) in [4.78, 5) is 28.2. The first kappa shape index (κ1) is 28.4. The van der Waals surface area contributed by atoms with E-state index in [1.54, 1.807) is 25.3 Å². The van der Waals surface area contributed by atoms with Crippen LogP contribution in [-0.4, -0.2) is 64.2 Å². The number of likely N-dealkylation sites (tertiary alicyclic amines) is 1. The summed E-state index contributed by atoms with van der Waals surface area (Å²) >= 11 is 1.52. The molecule has 2 aromatic heterocycles. The van der Waals surface area contributed by atoms with Crippen molar-refractivity contribution in [3.05, 3.63) is 58.6 Å². The van der Waals surface area contributed by atoms with Crippen molar-refractivity contribution >= 4 is 17.2 Å². The highest BCUT2D eigenvalue weighted by molar-refractivity contribution is 7.14. The Kier molecular flexibility index (Phi) is 8.12. The molecule has 0 saturated carbocycles. The number of carbonyl (C=O) groups is 1. The third kappa shape index (κ3) is 6.29. The van der Waals surface area contributed by atoms with Gasteiger partial charge < -0.3 is 14.8 Å². The van der Waals surface area contributed by atoms with Crippen molar-refractivity contribution in [1.29, 1.82) is 0 Å². The molecule has 2 fully saturated rings. The molecule has 0 radical (unpaired) electrons. The van der Waals surface area contributed by atoms with E-state index >= 15 is 0 Å². The lowest BCUT2D eigenvalue weighted by molar-refractivity contribution is -0.145. The molecule has 1 amide bonds. The van der Waals surface area contributed by atoms with Crippen LogP contribution in [0.2, 0.25) is 0 Å². The number of nitrogens with zero attached hydrogens (tertiary/aromatic N) is 4. The summed E-state index contributed by atoms with van der Waals surface area (Å²) in [6.45, 7) is 11.0. The molecule has 0 aliphatic carbocycles. The molecule has 1 aromatic carbocycles. The standard InChI is InChI=1S/C28H32F3N5O3S/c1-15(2)36-11-21-13-38-14-22(12-36)24(21)39-23-6-18(5-19(7-23)26-32-8-16(3)40-26)25(37)35-17(4)20-9-33-27(34-10-20)28(29,30)31/h5-10,15,17,21-22,24H,11-14H2,1-4H3,(H,35,37)/t17-,21?,22?,24?/m1/s1. The summed E-state index contributed by atoms with van der Waals surface area (Å²) in [6.07, 6.45) is -0.741. The number of carbonyl (C=O) groups excluding carboxylic acids is 1. The fourth-order valence-electron chi connectivity index (χ4n) is 5.19. The van der Waals surface area contributed by atoms with Crippen LogP contribution in [0.3, 0.4) is 0 Å². The summed E-state index contributed by atoms with van der Waals surface area (Å²) in [5, 5.41) is 3.61. The van der Waals surface area contributed by atoms with Crippen LogP contribution in [-0.2, 0) is 10.9 Å². The van der Waals surface area contributed by atoms with Gasteiger partial charge in [-0.05, 0) is 45.9 Å². The van der Waals surface area contributed by atoms with Gasteiger partial charge in [0.1, 0.15) is 16.9 Å². The van der Waals surface area contributed by atoms with Crippen LogP contribution in [0.4, 0.5) is 13.2 Å². The molecule has 8 nitrogen and oxygen atoms in total. The van der Waals surface area contributed by atoms with Gasteiger partial charge in [0, 0.05) is 71.1 Å². The molecule has 2 aliphatic heterocycles. The summed E-state index contributed by atoms with van der Waals surface area (Å²) in [5.74, 6) is -0.640. The van der Waals surface area contributed by atoms with Crippen molar-refractivity contribution in [3.63, 3.8) is 0 Å². The number of piperidine rings is 1. The zero-order valence-corrected chi connectivity index (χ0v) is 23.6. The third-order valence-corrected chi connectivity index (χ3v) is 8.31. The fourth-order valence-corrected chi connectivity index (χ4v) is 5.94. The van der Waals surface area contributed by atoms with Gasteiger partial charge in [-0.3, -0.25) is 9.69 Å². The van der Waals surface area contributed by atoms with Gasteiger partial charge in [-0.15, -0.1) is 11.3 Å². The van der Waals surface area contributed by atoms with Gasteiger partial charge in [0.25, 0.3) is 5.91 Å². The fraction of sp³-hybridized carbons (Fsp3) is 0.500. The van der Waals surface area contributed by atoms with Crippen LogP contribution in [0, 0.1) is 18.8 Å². The molecule has 40 heavy (non-hydrogen) atoms. The number of benzene rings is 1. The molecular weight excluding hydrogens is 543 g/mol. The number of nitrogens with one attached hydrogen (secondary N) is 1. The van der Waals surface area contributed by atoms with E-state index in [1.807, 2.05) is 13.0 Å². The Hall–Kier alpha value is -3.09. The van der Waals surface area contributed by atoms with Crippen LogP contribution < -0.4 is 10.1 Å². The summed E-state index contributed by atoms with van der Waals surface area (Å²) in [7, 11) is 0. The van der Waals surface area contributed by atoms with Crippen molar-refractivity contribution < 1.29 is 27.4 Å². The number of rotatable bonds is 7. The lowest BCUT2D eigenvalue weighted by Crippen LogP contribution is -2.58. The van der Waals surface area contributed by atoms with E-state index in [4.69, 9.17) is 9.47 Å². The van der Waals surface area contributed by atoms with Crippen LogP contribution in [0.15, 0.2) is 36.8 Å². The van der Waals surface area contributed by atoms with Crippen molar-refractivity contribution in [2.45, 2.75) is 52.1 Å². The van der Waals surface area contributed by atoms with Crippen molar-refractivity contribution in [2.24, 2.45) is 11.8 Å². The Bertz CT molecular complexity index is 1330. The number of hydrogen-bond donors (Lipinski definition) is 1. The SMILES string of the molecule is Cc1cnc(-c2cc(OC3C4COCC3CN(C(C)C)C4)cc(C(=O)N[C@H](C)c3cnc(C(F)(F)F)nc3)c2)s1. The largest absolute Gasteiger partial charge is 0.490 e. The molecule has 3 atom stereocenters. The molecule has 2 saturated heterocycles. The highest BCUT2D eigenvalue weighted by atomic mass is 32.1. The minimum atomic E-state index is -4.63. The lowest BCUT2D eigenvalue weighted by atomic mass is 9.84. The van der Waals surface area contributed by atoms with Crippen LogP contribution in [0.1, 0.15) is 53.4 Å². The van der Waals surface area contributed by atoms with Crippen LogP contribution in [0.5, 0.6) is 5.75 Å². The molecule has 12 heteroatoms. The predicted molar refractivity (Wildman–Crippen MR) is 144 cm³/mol. The maximum Gasteiger partial charge on any atom is 0.451 e. The summed E-state index contributed by atoms with van der Waals surface area (Å²) < 4.78 is 51.0. The number of alkyl halides is 3. The third-order valence-electron chi connectivity index (χ3n) is 7.34. The van der Waals surface area contributed by atoms with Gasteiger partial charge in [0.15, 0.2) is 0 Å². The van der Waals surface area contributed by atoms with Gasteiger partial charge >= 0.3 is 6.18 Å². The Morgan fingerprint density at radius 2 is 1.75 bits per heavy atom. The molecule has 4 heterocycles. The van der Waals surface area contributed by atoms with E-state index in [2.05, 4.69) is 39.0 Å². The number of halogens is 3. The second-order valence-electron chi connectivity index (χ2n) is 10.7. The monoisotopic (exact) mass is 575 g/mol. The number of hydrogen-bond acceptors (Lipinski definition) is 8. The number of aryl methyl sites for hydroxylation is 1. The number of thiazole rings is 1. The van der Waals surface area contributed by atoms with Gasteiger partial charge in [-0.25, -0.2) is 15.0 Å². The van der Waals surface area contributed by atoms with Crippen molar-refractivity contribution in [2.75, 3.05) is 26.3 Å². The second kappa shape index (κ2) is 11.4. The van der Waals surface area contributed by atoms with E-state index in [9.17, 15) is 18.0 Å². The van der Waals surface area contributed by atoms with Gasteiger partial charge in [-0.2, -0.15) is 13.2 Å². The number of ether oxygens (including phenoxy) is 2. The second-order valence-corrected chi connectivity index (χ2v) is 12.0. The zero-order chi connectivity index (χ0) is 28.6. The highest BCUT2D eigenvalue weighted by Gasteiger charge is 2.42. The van der Waals surface area contributed by atoms with E-state index < -0.39 is 23.9 Å². The molecular formula is C28H32F3N5O3S. The van der Waals surface area contributed by atoms with Gasteiger partial charge in [-0.1, -0.05) is 0 Å². The Morgan fingerprint density at radius 3 is 2.33 bits per heavy atom. The predicted octanol–water partition coefficient (Wildman–Crippen LogP) is 5.15. The minimum absolute atomic E-state index is 0.0452. The molecule has 0 spiro atoms. The van der Waals surface area contributed by atoms with Crippen LogP contribution in [0.25, 0.3) is 10.6 Å². The topological polar surface area (TPSA) is 89.5 Å². The average Bonchev–Trinajstić information content (AvgIpc) is 3.34. The molecule has 1 N–H and O–H groups in total. The number of aromatic nitrogens is 3. The molecule has 2 aliphatic rings. The molecule has 214 valence electrons. The normalized spacial score (nSPS) is 22.2. The Morgan fingerprint density at radius 1 is 1.07 bits per heavy atom. The molecule has 5 rings (SSSR count). The van der Waals surface area contributed by atoms with E-state index in [0.717, 1.165) is 40.9 Å². The quantitative estimate of drug-likeness (QED) is 0.417. The number of fused-ring (bicyclic) bond motifs is 2. The first-order valence-electron chi connectivity index (χ1n) is 13.2. The molecule has 3 aromatic rings. The Balaban J connectivity index is 1.39. The maximum atomic E-state index is 13.4. The average molecular weight is 576 g/mol. The zero-order valence-electron chi connectivity index (χ0n) is 22.7. The molecule has 2 bridgehead atoms. The van der Waals surface area contributed by atoms with Crippen LogP contribution >= 0.6 is 11.3 Å². The van der Waals surface area contributed by atoms with Gasteiger partial charge in [0.2, 0.25) is 5.82 Å². The minimum Gasteiger partial charge on any atom is -0.490 e. The van der Waals surface area contributed by atoms with E-state index in [0.29, 0.717) is 36.1 Å². The number of amides is 1. The molecule has 2 unspecified atom stereocenters. The lowest BCUT2D eigenvalue weighted by Gasteiger charge is -2.47. The van der Waals surface area contributed by atoms with E-state index in [-0.39, 0.29) is 17.9 Å². The van der Waals surface area contributed by atoms with Crippen molar-refractivity contribution in [3.8, 4) is 16.3 Å². The summed E-state index contributed by atoms with van der Waals surface area (Å²) in [5.41, 5.74) is 1.47. The van der Waals surface area contributed by atoms with Gasteiger partial charge in [0.05, 0.1) is 19.3 Å². The first-order valence-corrected chi connectivity index (χ1v) is 14.1. The first-order chi connectivity index (χ1) is 19.0. The van der Waals surface area contributed by atoms with Crippen molar-refractivity contribution in [1.82, 2.24) is 25.2 Å². The highest BCUT2D eigenvalue weighted by Crippen LogP contribution is 2.35.